The van der Waals surface area contributed by atoms with E-state index in [0.29, 0.717) is 29.9 Å². The summed E-state index contributed by atoms with van der Waals surface area (Å²) < 4.78 is 7.00. The molecule has 1 saturated carbocycles. The Hall–Kier alpha value is -1.69. The van der Waals surface area contributed by atoms with E-state index in [1.54, 1.807) is 4.57 Å². The molecule has 0 radical (unpaired) electrons. The SMILES string of the molecule is CCc1nnc(Cn2c(C3CC3)nc(Cl)cc2=O)o1. The fourth-order valence-electron chi connectivity index (χ4n) is 1.94. The van der Waals surface area contributed by atoms with Crippen LogP contribution in [0.5, 0.6) is 0 Å². The Morgan fingerprint density at radius 2 is 2.16 bits per heavy atom. The number of halogens is 1. The van der Waals surface area contributed by atoms with Crippen molar-refractivity contribution in [3.05, 3.63) is 39.2 Å². The Labute approximate surface area is 114 Å². The van der Waals surface area contributed by atoms with E-state index in [-0.39, 0.29) is 17.3 Å². The lowest BCUT2D eigenvalue weighted by Crippen LogP contribution is -2.24. The van der Waals surface area contributed by atoms with E-state index in [2.05, 4.69) is 15.2 Å². The molecule has 2 aromatic heterocycles. The minimum absolute atomic E-state index is 0.182. The molecule has 1 fully saturated rings. The Morgan fingerprint density at radius 1 is 1.42 bits per heavy atom. The smallest absolute Gasteiger partial charge is 0.255 e. The topological polar surface area (TPSA) is 73.8 Å². The van der Waals surface area contributed by atoms with E-state index < -0.39 is 0 Å². The van der Waals surface area contributed by atoms with Crippen LogP contribution in [0.1, 0.15) is 43.3 Å². The van der Waals surface area contributed by atoms with Gasteiger partial charge in [-0.05, 0) is 12.8 Å². The van der Waals surface area contributed by atoms with Gasteiger partial charge in [0.05, 0.1) is 0 Å². The standard InChI is InChI=1S/C12H13ClN4O2/c1-2-9-15-16-10(19-9)6-17-11(18)5-8(13)14-12(17)7-3-4-7/h5,7H,2-4,6H2,1H3. The van der Waals surface area contributed by atoms with E-state index in [0.717, 1.165) is 12.8 Å². The highest BCUT2D eigenvalue weighted by molar-refractivity contribution is 6.29. The number of hydrogen-bond donors (Lipinski definition) is 0. The van der Waals surface area contributed by atoms with Gasteiger partial charge in [0.2, 0.25) is 11.8 Å². The largest absolute Gasteiger partial charge is 0.423 e. The third-order valence-electron chi connectivity index (χ3n) is 3.05. The molecule has 6 nitrogen and oxygen atoms in total. The number of aryl methyl sites for hydroxylation is 1. The van der Waals surface area contributed by atoms with Crippen LogP contribution in [-0.2, 0) is 13.0 Å². The average molecular weight is 281 g/mol. The minimum Gasteiger partial charge on any atom is -0.423 e. The number of hydrogen-bond acceptors (Lipinski definition) is 5. The monoisotopic (exact) mass is 280 g/mol. The molecule has 3 rings (SSSR count). The second kappa shape index (κ2) is 4.77. The van der Waals surface area contributed by atoms with Gasteiger partial charge in [-0.1, -0.05) is 18.5 Å². The average Bonchev–Trinajstić information content (AvgIpc) is 3.12. The normalized spacial score (nSPS) is 14.8. The van der Waals surface area contributed by atoms with Crippen molar-refractivity contribution in [1.82, 2.24) is 19.7 Å². The first kappa shape index (κ1) is 12.3. The zero-order valence-electron chi connectivity index (χ0n) is 10.5. The molecule has 0 saturated heterocycles. The lowest BCUT2D eigenvalue weighted by molar-refractivity contribution is 0.434. The van der Waals surface area contributed by atoms with Crippen molar-refractivity contribution >= 4 is 11.6 Å². The van der Waals surface area contributed by atoms with Gasteiger partial charge in [0.1, 0.15) is 17.5 Å². The zero-order valence-corrected chi connectivity index (χ0v) is 11.2. The molecule has 0 aromatic carbocycles. The summed E-state index contributed by atoms with van der Waals surface area (Å²) in [6.07, 6.45) is 2.75. The fourth-order valence-corrected chi connectivity index (χ4v) is 2.12. The van der Waals surface area contributed by atoms with Crippen molar-refractivity contribution in [2.24, 2.45) is 0 Å². The van der Waals surface area contributed by atoms with Crippen LogP contribution >= 0.6 is 11.6 Å². The molecule has 1 aliphatic carbocycles. The molecule has 19 heavy (non-hydrogen) atoms. The molecule has 1 aliphatic rings. The quantitative estimate of drug-likeness (QED) is 0.798. The van der Waals surface area contributed by atoms with Crippen LogP contribution in [-0.4, -0.2) is 19.7 Å². The van der Waals surface area contributed by atoms with Crippen LogP contribution in [0, 0.1) is 0 Å². The maximum Gasteiger partial charge on any atom is 0.255 e. The second-order valence-corrected chi connectivity index (χ2v) is 4.97. The molecule has 0 amide bonds. The zero-order chi connectivity index (χ0) is 13.4. The molecule has 7 heteroatoms. The molecular formula is C12H13ClN4O2. The predicted molar refractivity (Wildman–Crippen MR) is 68.3 cm³/mol. The van der Waals surface area contributed by atoms with Gasteiger partial charge >= 0.3 is 0 Å². The molecule has 2 aromatic rings. The Bertz CT molecular complexity index is 660. The van der Waals surface area contributed by atoms with E-state index in [4.69, 9.17) is 16.0 Å². The highest BCUT2D eigenvalue weighted by Gasteiger charge is 2.29. The highest BCUT2D eigenvalue weighted by atomic mass is 35.5. The van der Waals surface area contributed by atoms with E-state index in [1.165, 1.54) is 6.07 Å². The molecule has 0 unspecified atom stereocenters. The van der Waals surface area contributed by atoms with Gasteiger partial charge < -0.3 is 4.42 Å². The summed E-state index contributed by atoms with van der Waals surface area (Å²) in [4.78, 5) is 16.3. The lowest BCUT2D eigenvalue weighted by Gasteiger charge is -2.09. The third kappa shape index (κ3) is 2.53. The molecule has 0 spiro atoms. The first-order chi connectivity index (χ1) is 9.17. The van der Waals surface area contributed by atoms with Crippen molar-refractivity contribution < 1.29 is 4.42 Å². The van der Waals surface area contributed by atoms with Gasteiger partial charge in [0, 0.05) is 18.4 Å². The summed E-state index contributed by atoms with van der Waals surface area (Å²) in [7, 11) is 0. The van der Waals surface area contributed by atoms with Gasteiger partial charge in [0.15, 0.2) is 0 Å². The molecule has 0 bridgehead atoms. The fraction of sp³-hybridized carbons (Fsp3) is 0.500. The summed E-state index contributed by atoms with van der Waals surface area (Å²) >= 11 is 5.85. The van der Waals surface area contributed by atoms with Crippen LogP contribution in [0.4, 0.5) is 0 Å². The summed E-state index contributed by atoms with van der Waals surface area (Å²) in [5.41, 5.74) is -0.182. The number of aromatic nitrogens is 4. The predicted octanol–water partition coefficient (Wildman–Crippen LogP) is 1.77. The Balaban J connectivity index is 1.97. The van der Waals surface area contributed by atoms with Crippen molar-refractivity contribution in [2.75, 3.05) is 0 Å². The third-order valence-corrected chi connectivity index (χ3v) is 3.25. The Kier molecular flexibility index (Phi) is 3.10. The van der Waals surface area contributed by atoms with E-state index in [9.17, 15) is 4.79 Å². The first-order valence-corrected chi connectivity index (χ1v) is 6.63. The summed E-state index contributed by atoms with van der Waals surface area (Å²) in [5.74, 6) is 2.02. The maximum atomic E-state index is 12.0. The minimum atomic E-state index is -0.182. The van der Waals surface area contributed by atoms with Crippen molar-refractivity contribution in [3.8, 4) is 0 Å². The van der Waals surface area contributed by atoms with Crippen LogP contribution in [0.25, 0.3) is 0 Å². The van der Waals surface area contributed by atoms with E-state index >= 15 is 0 Å². The van der Waals surface area contributed by atoms with Crippen molar-refractivity contribution in [3.63, 3.8) is 0 Å². The molecule has 0 aliphatic heterocycles. The van der Waals surface area contributed by atoms with Crippen LogP contribution in [0.2, 0.25) is 5.15 Å². The summed E-state index contributed by atoms with van der Waals surface area (Å²) in [5, 5.41) is 8.06. The van der Waals surface area contributed by atoms with Gasteiger partial charge in [-0.3, -0.25) is 9.36 Å². The summed E-state index contributed by atoms with van der Waals surface area (Å²) in [6, 6.07) is 1.31. The lowest BCUT2D eigenvalue weighted by atomic mass is 10.3. The van der Waals surface area contributed by atoms with Crippen LogP contribution < -0.4 is 5.56 Å². The van der Waals surface area contributed by atoms with Crippen LogP contribution in [0.15, 0.2) is 15.3 Å². The van der Waals surface area contributed by atoms with Gasteiger partial charge in [-0.15, -0.1) is 10.2 Å². The van der Waals surface area contributed by atoms with Gasteiger partial charge in [-0.25, -0.2) is 4.98 Å². The first-order valence-electron chi connectivity index (χ1n) is 6.26. The molecule has 0 atom stereocenters. The van der Waals surface area contributed by atoms with Crippen molar-refractivity contribution in [1.29, 1.82) is 0 Å². The molecule has 100 valence electrons. The number of rotatable bonds is 4. The summed E-state index contributed by atoms with van der Waals surface area (Å²) in [6.45, 7) is 2.19. The van der Waals surface area contributed by atoms with Crippen LogP contribution in [0.3, 0.4) is 0 Å². The second-order valence-electron chi connectivity index (χ2n) is 4.58. The maximum absolute atomic E-state index is 12.0. The van der Waals surface area contributed by atoms with E-state index in [1.807, 2.05) is 6.92 Å². The highest BCUT2D eigenvalue weighted by Crippen LogP contribution is 2.38. The van der Waals surface area contributed by atoms with Crippen molar-refractivity contribution in [2.45, 2.75) is 38.6 Å². The Morgan fingerprint density at radius 3 is 2.79 bits per heavy atom. The number of nitrogens with zero attached hydrogens (tertiary/aromatic N) is 4. The molecule has 2 heterocycles. The molecular weight excluding hydrogens is 268 g/mol. The van der Waals surface area contributed by atoms with Gasteiger partial charge in [0.25, 0.3) is 5.56 Å². The van der Waals surface area contributed by atoms with Gasteiger partial charge in [-0.2, -0.15) is 0 Å². The molecule has 0 N–H and O–H groups in total.